The zero-order valence-electron chi connectivity index (χ0n) is 10.4. The van der Waals surface area contributed by atoms with E-state index in [0.717, 1.165) is 11.8 Å². The molecule has 0 aliphatic rings. The van der Waals surface area contributed by atoms with Gasteiger partial charge in [0.1, 0.15) is 0 Å². The number of hydrogen-bond acceptors (Lipinski definition) is 4. The van der Waals surface area contributed by atoms with Crippen LogP contribution >= 0.6 is 0 Å². The molecule has 0 aliphatic carbocycles. The fourth-order valence-electron chi connectivity index (χ4n) is 1.48. The zero-order valence-corrected chi connectivity index (χ0v) is 11.2. The van der Waals surface area contributed by atoms with E-state index in [2.05, 4.69) is 21.5 Å². The summed E-state index contributed by atoms with van der Waals surface area (Å²) in [5, 5.41) is 0. The Labute approximate surface area is 103 Å². The van der Waals surface area contributed by atoms with Crippen LogP contribution in [0.15, 0.2) is 24.5 Å². The van der Waals surface area contributed by atoms with Gasteiger partial charge in [-0.3, -0.25) is 9.88 Å². The van der Waals surface area contributed by atoms with Crippen LogP contribution in [0.3, 0.4) is 0 Å². The van der Waals surface area contributed by atoms with Gasteiger partial charge in [-0.2, -0.15) is 0 Å². The fraction of sp³-hybridized carbons (Fsp3) is 0.545. The monoisotopic (exact) mass is 257 g/mol. The molecule has 0 aromatic carbocycles. The average Bonchev–Trinajstić information content (AvgIpc) is 2.27. The first-order valence-electron chi connectivity index (χ1n) is 5.45. The third-order valence-corrected chi connectivity index (χ3v) is 3.39. The lowest BCUT2D eigenvalue weighted by Crippen LogP contribution is -2.33. The van der Waals surface area contributed by atoms with Gasteiger partial charge in [0.15, 0.2) is 0 Å². The van der Waals surface area contributed by atoms with Crippen molar-refractivity contribution in [3.8, 4) is 0 Å². The largest absolute Gasteiger partial charge is 0.298 e. The first-order chi connectivity index (χ1) is 7.90. The van der Waals surface area contributed by atoms with Crippen molar-refractivity contribution in [2.45, 2.75) is 13.0 Å². The minimum atomic E-state index is -3.10. The van der Waals surface area contributed by atoms with Crippen molar-refractivity contribution in [2.75, 3.05) is 26.4 Å². The smallest absolute Gasteiger partial charge is 0.208 e. The van der Waals surface area contributed by atoms with Gasteiger partial charge in [-0.1, -0.05) is 6.07 Å². The Kier molecular flexibility index (Phi) is 5.04. The molecule has 0 bridgehead atoms. The van der Waals surface area contributed by atoms with Crippen LogP contribution in [-0.4, -0.2) is 44.7 Å². The quantitative estimate of drug-likeness (QED) is 0.811. The molecular weight excluding hydrogens is 238 g/mol. The van der Waals surface area contributed by atoms with Gasteiger partial charge in [-0.15, -0.1) is 0 Å². The van der Waals surface area contributed by atoms with Crippen molar-refractivity contribution in [1.82, 2.24) is 14.6 Å². The second-order valence-corrected chi connectivity index (χ2v) is 5.94. The Hall–Kier alpha value is -0.980. The summed E-state index contributed by atoms with van der Waals surface area (Å²) >= 11 is 0. The number of nitrogens with zero attached hydrogens (tertiary/aromatic N) is 2. The van der Waals surface area contributed by atoms with Crippen LogP contribution in [0.5, 0.6) is 0 Å². The number of likely N-dealkylation sites (N-methyl/N-ethyl adjacent to an activating group) is 1. The molecule has 1 aromatic rings. The minimum absolute atomic E-state index is 0.213. The van der Waals surface area contributed by atoms with Crippen molar-refractivity contribution in [1.29, 1.82) is 0 Å². The number of nitrogens with one attached hydrogen (secondary N) is 1. The summed E-state index contributed by atoms with van der Waals surface area (Å²) in [7, 11) is -1.14. The van der Waals surface area contributed by atoms with Crippen molar-refractivity contribution < 1.29 is 8.42 Å². The van der Waals surface area contributed by atoms with Crippen LogP contribution in [0, 0.1) is 0 Å². The van der Waals surface area contributed by atoms with E-state index >= 15 is 0 Å². The Morgan fingerprint density at radius 3 is 2.76 bits per heavy atom. The molecule has 0 radical (unpaired) electrons. The molecule has 0 fully saturated rings. The van der Waals surface area contributed by atoms with E-state index in [1.807, 2.05) is 25.4 Å². The van der Waals surface area contributed by atoms with Gasteiger partial charge >= 0.3 is 0 Å². The topological polar surface area (TPSA) is 62.3 Å². The second-order valence-electron chi connectivity index (χ2n) is 4.11. The van der Waals surface area contributed by atoms with E-state index in [0.29, 0.717) is 13.1 Å². The van der Waals surface area contributed by atoms with Crippen LogP contribution in [0.4, 0.5) is 0 Å². The van der Waals surface area contributed by atoms with Crippen LogP contribution in [-0.2, 0) is 10.0 Å². The number of sulfonamides is 1. The van der Waals surface area contributed by atoms with E-state index in [1.54, 1.807) is 6.20 Å². The van der Waals surface area contributed by atoms with Crippen molar-refractivity contribution in [3.05, 3.63) is 30.1 Å². The molecule has 1 N–H and O–H groups in total. The molecule has 0 spiro atoms. The van der Waals surface area contributed by atoms with E-state index < -0.39 is 10.0 Å². The average molecular weight is 257 g/mol. The normalized spacial score (nSPS) is 13.9. The Bertz CT molecular complexity index is 433. The molecule has 1 atom stereocenters. The fourth-order valence-corrected chi connectivity index (χ4v) is 1.94. The van der Waals surface area contributed by atoms with Gasteiger partial charge in [0.25, 0.3) is 0 Å². The predicted octanol–water partition coefficient (Wildman–Crippen LogP) is 0.624. The molecule has 6 heteroatoms. The minimum Gasteiger partial charge on any atom is -0.298 e. The molecule has 0 saturated heterocycles. The van der Waals surface area contributed by atoms with Crippen LogP contribution < -0.4 is 4.72 Å². The second kappa shape index (κ2) is 6.09. The summed E-state index contributed by atoms with van der Waals surface area (Å²) in [4.78, 5) is 6.15. The third kappa shape index (κ3) is 5.25. The van der Waals surface area contributed by atoms with Gasteiger partial charge in [0.2, 0.25) is 10.0 Å². The predicted molar refractivity (Wildman–Crippen MR) is 68.1 cm³/mol. The van der Waals surface area contributed by atoms with Gasteiger partial charge in [-0.05, 0) is 25.6 Å². The molecule has 0 saturated carbocycles. The summed E-state index contributed by atoms with van der Waals surface area (Å²) in [6.45, 7) is 3.14. The van der Waals surface area contributed by atoms with Gasteiger partial charge in [-0.25, -0.2) is 13.1 Å². The van der Waals surface area contributed by atoms with Crippen LogP contribution in [0.1, 0.15) is 18.5 Å². The molecule has 0 aliphatic heterocycles. The molecule has 17 heavy (non-hydrogen) atoms. The van der Waals surface area contributed by atoms with Crippen LogP contribution in [0.25, 0.3) is 0 Å². The van der Waals surface area contributed by atoms with Gasteiger partial charge < -0.3 is 0 Å². The van der Waals surface area contributed by atoms with Crippen molar-refractivity contribution >= 4 is 10.0 Å². The lowest BCUT2D eigenvalue weighted by molar-refractivity contribution is 0.266. The lowest BCUT2D eigenvalue weighted by Gasteiger charge is -2.24. The standard InChI is InChI=1S/C11H19N3O2S/c1-10(11-5-4-6-12-9-11)14(2)8-7-13-17(3,15)16/h4-6,9-10,13H,7-8H2,1-3H3/t10-/m0/s1. The summed E-state index contributed by atoms with van der Waals surface area (Å²) < 4.78 is 24.3. The van der Waals surface area contributed by atoms with E-state index in [9.17, 15) is 8.42 Å². The Balaban J connectivity index is 2.45. The molecular formula is C11H19N3O2S. The summed E-state index contributed by atoms with van der Waals surface area (Å²) in [5.74, 6) is 0. The molecule has 0 amide bonds. The first kappa shape index (κ1) is 14.1. The molecule has 1 aromatic heterocycles. The highest BCUT2D eigenvalue weighted by Gasteiger charge is 2.11. The van der Waals surface area contributed by atoms with E-state index in [4.69, 9.17) is 0 Å². The number of hydrogen-bond donors (Lipinski definition) is 1. The highest BCUT2D eigenvalue weighted by molar-refractivity contribution is 7.88. The SMILES string of the molecule is C[C@@H](c1cccnc1)N(C)CCNS(C)(=O)=O. The molecule has 5 nitrogen and oxygen atoms in total. The zero-order chi connectivity index (χ0) is 12.9. The highest BCUT2D eigenvalue weighted by atomic mass is 32.2. The van der Waals surface area contributed by atoms with E-state index in [-0.39, 0.29) is 6.04 Å². The van der Waals surface area contributed by atoms with Crippen LogP contribution in [0.2, 0.25) is 0 Å². The first-order valence-corrected chi connectivity index (χ1v) is 7.34. The third-order valence-electron chi connectivity index (χ3n) is 2.66. The number of aromatic nitrogens is 1. The molecule has 96 valence electrons. The van der Waals surface area contributed by atoms with Gasteiger partial charge in [0.05, 0.1) is 6.26 Å². The maximum atomic E-state index is 10.9. The Morgan fingerprint density at radius 1 is 1.53 bits per heavy atom. The number of pyridine rings is 1. The van der Waals surface area contributed by atoms with Crippen molar-refractivity contribution in [3.63, 3.8) is 0 Å². The van der Waals surface area contributed by atoms with E-state index in [1.165, 1.54) is 0 Å². The molecule has 0 unspecified atom stereocenters. The summed E-state index contributed by atoms with van der Waals surface area (Å²) in [6, 6.07) is 4.12. The molecule has 1 rings (SSSR count). The Morgan fingerprint density at radius 2 is 2.24 bits per heavy atom. The number of rotatable bonds is 6. The maximum Gasteiger partial charge on any atom is 0.208 e. The summed E-state index contributed by atoms with van der Waals surface area (Å²) in [5.41, 5.74) is 1.12. The lowest BCUT2D eigenvalue weighted by atomic mass is 10.1. The maximum absolute atomic E-state index is 10.9. The highest BCUT2D eigenvalue weighted by Crippen LogP contribution is 2.16. The summed E-state index contributed by atoms with van der Waals surface area (Å²) in [6.07, 6.45) is 4.73. The van der Waals surface area contributed by atoms with Crippen molar-refractivity contribution in [2.24, 2.45) is 0 Å². The molecule has 1 heterocycles. The van der Waals surface area contributed by atoms with Gasteiger partial charge in [0, 0.05) is 31.5 Å².